The summed E-state index contributed by atoms with van der Waals surface area (Å²) in [5.74, 6) is 0.860. The minimum absolute atomic E-state index is 0.259. The van der Waals surface area contributed by atoms with Crippen LogP contribution in [-0.4, -0.2) is 24.7 Å². The Balaban J connectivity index is 1.50. The average Bonchev–Trinajstić information content (AvgIpc) is 2.51. The SMILES string of the molecule is O=S(=O)(NC12CC3CC(CC(O)(C3)C1)C2)c1ccc2c(Cl)cccc2c1. The lowest BCUT2D eigenvalue weighted by atomic mass is 9.51. The summed E-state index contributed by atoms with van der Waals surface area (Å²) in [6, 6.07) is 10.5. The van der Waals surface area contributed by atoms with Crippen LogP contribution in [0.5, 0.6) is 0 Å². The van der Waals surface area contributed by atoms with E-state index in [0.29, 0.717) is 23.3 Å². The molecule has 6 rings (SSSR count). The highest BCUT2D eigenvalue weighted by Crippen LogP contribution is 2.57. The van der Waals surface area contributed by atoms with Crippen LogP contribution in [0.4, 0.5) is 0 Å². The van der Waals surface area contributed by atoms with Gasteiger partial charge in [-0.15, -0.1) is 0 Å². The second kappa shape index (κ2) is 5.44. The molecule has 26 heavy (non-hydrogen) atoms. The smallest absolute Gasteiger partial charge is 0.241 e. The predicted octanol–water partition coefficient (Wildman–Crippen LogP) is 3.86. The van der Waals surface area contributed by atoms with Crippen LogP contribution >= 0.6 is 11.6 Å². The van der Waals surface area contributed by atoms with E-state index >= 15 is 0 Å². The first-order valence-corrected chi connectivity index (χ1v) is 11.1. The summed E-state index contributed by atoms with van der Waals surface area (Å²) in [6.45, 7) is 0. The highest BCUT2D eigenvalue weighted by atomic mass is 35.5. The van der Waals surface area contributed by atoms with Crippen LogP contribution in [0.25, 0.3) is 10.8 Å². The zero-order valence-electron chi connectivity index (χ0n) is 14.4. The number of sulfonamides is 1. The Bertz CT molecular complexity index is 989. The number of fused-ring (bicyclic) bond motifs is 1. The summed E-state index contributed by atoms with van der Waals surface area (Å²) in [4.78, 5) is 0.259. The van der Waals surface area contributed by atoms with Gasteiger partial charge in [-0.1, -0.05) is 29.8 Å². The van der Waals surface area contributed by atoms with Crippen LogP contribution in [0.2, 0.25) is 5.02 Å². The lowest BCUT2D eigenvalue weighted by Gasteiger charge is -2.60. The van der Waals surface area contributed by atoms with Crippen LogP contribution in [0.1, 0.15) is 38.5 Å². The molecular formula is C20H22ClNO3S. The van der Waals surface area contributed by atoms with Crippen molar-refractivity contribution < 1.29 is 13.5 Å². The number of benzene rings is 2. The van der Waals surface area contributed by atoms with Crippen LogP contribution in [0, 0.1) is 11.8 Å². The normalized spacial score (nSPS) is 35.9. The molecule has 0 heterocycles. The first-order valence-electron chi connectivity index (χ1n) is 9.21. The van der Waals surface area contributed by atoms with Crippen LogP contribution < -0.4 is 4.72 Å². The molecule has 2 atom stereocenters. The van der Waals surface area contributed by atoms with Crippen molar-refractivity contribution in [1.82, 2.24) is 4.72 Å². The van der Waals surface area contributed by atoms with Gasteiger partial charge in [-0.25, -0.2) is 13.1 Å². The van der Waals surface area contributed by atoms with Gasteiger partial charge in [0.25, 0.3) is 0 Å². The van der Waals surface area contributed by atoms with E-state index in [1.165, 1.54) is 0 Å². The van der Waals surface area contributed by atoms with E-state index in [0.717, 1.165) is 42.9 Å². The second-order valence-electron chi connectivity index (χ2n) is 8.69. The molecule has 4 fully saturated rings. The van der Waals surface area contributed by atoms with Crippen molar-refractivity contribution in [3.8, 4) is 0 Å². The van der Waals surface area contributed by atoms with Gasteiger partial charge >= 0.3 is 0 Å². The molecule has 4 aliphatic rings. The van der Waals surface area contributed by atoms with E-state index in [9.17, 15) is 13.5 Å². The van der Waals surface area contributed by atoms with Crippen LogP contribution in [0.15, 0.2) is 41.3 Å². The molecule has 0 aromatic heterocycles. The topological polar surface area (TPSA) is 66.4 Å². The molecule has 4 aliphatic carbocycles. The zero-order valence-corrected chi connectivity index (χ0v) is 16.0. The zero-order chi connectivity index (χ0) is 18.2. The Morgan fingerprint density at radius 2 is 1.81 bits per heavy atom. The van der Waals surface area contributed by atoms with Crippen molar-refractivity contribution >= 4 is 32.4 Å². The molecule has 2 aromatic carbocycles. The standard InChI is InChI=1S/C20H22ClNO3S/c21-18-3-1-2-15-7-16(4-5-17(15)18)26(24,25)22-19-8-13-6-14(9-19)11-20(23,10-13)12-19/h1-5,7,13-14,22-23H,6,8-12H2. The van der Waals surface area contributed by atoms with Crippen molar-refractivity contribution in [2.45, 2.75) is 54.6 Å². The lowest BCUT2D eigenvalue weighted by molar-refractivity contribution is -0.137. The summed E-state index contributed by atoms with van der Waals surface area (Å²) < 4.78 is 29.2. The Labute approximate surface area is 158 Å². The molecule has 4 saturated carbocycles. The fourth-order valence-electron chi connectivity index (χ4n) is 6.07. The summed E-state index contributed by atoms with van der Waals surface area (Å²) in [5, 5.41) is 13.1. The molecule has 2 N–H and O–H groups in total. The molecule has 0 saturated heterocycles. The third kappa shape index (κ3) is 2.68. The number of halogens is 1. The molecule has 0 amide bonds. The minimum atomic E-state index is -3.66. The van der Waals surface area contributed by atoms with Crippen LogP contribution in [0.3, 0.4) is 0 Å². The number of rotatable bonds is 3. The van der Waals surface area contributed by atoms with Crippen molar-refractivity contribution in [3.63, 3.8) is 0 Å². The molecular weight excluding hydrogens is 370 g/mol. The highest BCUT2D eigenvalue weighted by Gasteiger charge is 2.58. The van der Waals surface area contributed by atoms with Gasteiger partial charge in [-0.2, -0.15) is 0 Å². The molecule has 6 heteroatoms. The van der Waals surface area contributed by atoms with E-state index in [4.69, 9.17) is 11.6 Å². The Morgan fingerprint density at radius 3 is 2.50 bits per heavy atom. The summed E-state index contributed by atoms with van der Waals surface area (Å²) in [6.07, 6.45) is 4.98. The maximum Gasteiger partial charge on any atom is 0.241 e. The minimum Gasteiger partial charge on any atom is -0.390 e. The van der Waals surface area contributed by atoms with Gasteiger partial charge in [0, 0.05) is 15.9 Å². The Kier molecular flexibility index (Phi) is 3.56. The lowest BCUT2D eigenvalue weighted by Crippen LogP contribution is -2.65. The molecule has 4 nitrogen and oxygen atoms in total. The third-order valence-electron chi connectivity index (χ3n) is 6.49. The van der Waals surface area contributed by atoms with Crippen molar-refractivity contribution in [3.05, 3.63) is 41.4 Å². The summed E-state index contributed by atoms with van der Waals surface area (Å²) in [5.41, 5.74) is -1.19. The van der Waals surface area contributed by atoms with Gasteiger partial charge in [-0.05, 0) is 73.9 Å². The van der Waals surface area contributed by atoms with E-state index in [-0.39, 0.29) is 4.90 Å². The van der Waals surface area contributed by atoms with Gasteiger partial charge in [0.2, 0.25) is 10.0 Å². The highest BCUT2D eigenvalue weighted by molar-refractivity contribution is 7.89. The first kappa shape index (κ1) is 17.0. The average molecular weight is 392 g/mol. The number of hydrogen-bond acceptors (Lipinski definition) is 3. The third-order valence-corrected chi connectivity index (χ3v) is 8.40. The number of nitrogens with one attached hydrogen (secondary N) is 1. The second-order valence-corrected chi connectivity index (χ2v) is 10.8. The van der Waals surface area contributed by atoms with Gasteiger partial charge in [-0.3, -0.25) is 0 Å². The quantitative estimate of drug-likeness (QED) is 0.834. The first-order chi connectivity index (χ1) is 12.3. The maximum atomic E-state index is 13.1. The van der Waals surface area contributed by atoms with Gasteiger partial charge in [0.15, 0.2) is 0 Å². The summed E-state index contributed by atoms with van der Waals surface area (Å²) >= 11 is 6.19. The predicted molar refractivity (Wildman–Crippen MR) is 102 cm³/mol. The molecule has 2 aromatic rings. The fraction of sp³-hybridized carbons (Fsp3) is 0.500. The number of hydrogen-bond donors (Lipinski definition) is 2. The number of aliphatic hydroxyl groups is 1. The Hall–Kier alpha value is -1.14. The van der Waals surface area contributed by atoms with Crippen LogP contribution in [-0.2, 0) is 10.0 Å². The molecule has 2 unspecified atom stereocenters. The molecule has 0 spiro atoms. The monoisotopic (exact) mass is 391 g/mol. The van der Waals surface area contributed by atoms with Crippen molar-refractivity contribution in [2.24, 2.45) is 11.8 Å². The molecule has 4 bridgehead atoms. The Morgan fingerprint density at radius 1 is 1.08 bits per heavy atom. The summed E-state index contributed by atoms with van der Waals surface area (Å²) in [7, 11) is -3.66. The van der Waals surface area contributed by atoms with E-state index in [1.807, 2.05) is 12.1 Å². The largest absolute Gasteiger partial charge is 0.390 e. The van der Waals surface area contributed by atoms with Crippen molar-refractivity contribution in [1.29, 1.82) is 0 Å². The van der Waals surface area contributed by atoms with E-state index in [1.54, 1.807) is 24.3 Å². The van der Waals surface area contributed by atoms with E-state index in [2.05, 4.69) is 4.72 Å². The van der Waals surface area contributed by atoms with Gasteiger partial charge < -0.3 is 5.11 Å². The van der Waals surface area contributed by atoms with Crippen molar-refractivity contribution in [2.75, 3.05) is 0 Å². The van der Waals surface area contributed by atoms with E-state index < -0.39 is 21.2 Å². The molecule has 0 aliphatic heterocycles. The van der Waals surface area contributed by atoms with Gasteiger partial charge in [0.1, 0.15) is 0 Å². The molecule has 138 valence electrons. The van der Waals surface area contributed by atoms with Gasteiger partial charge in [0.05, 0.1) is 10.5 Å². The maximum absolute atomic E-state index is 13.1. The molecule has 0 radical (unpaired) electrons. The fourth-order valence-corrected chi connectivity index (χ4v) is 7.77.